The highest BCUT2D eigenvalue weighted by Gasteiger charge is 2.31. The van der Waals surface area contributed by atoms with Crippen LogP contribution in [0.5, 0.6) is 23.1 Å². The number of carbonyl (C=O) groups excluding carboxylic acids is 2. The van der Waals surface area contributed by atoms with Crippen molar-refractivity contribution in [3.8, 4) is 23.1 Å². The topological polar surface area (TPSA) is 159 Å². The lowest BCUT2D eigenvalue weighted by molar-refractivity contribution is 0.0960. The van der Waals surface area contributed by atoms with Gasteiger partial charge in [-0.15, -0.1) is 0 Å². The van der Waals surface area contributed by atoms with Crippen LogP contribution in [0, 0.1) is 6.92 Å². The van der Waals surface area contributed by atoms with Gasteiger partial charge in [-0.05, 0) is 37.3 Å². The van der Waals surface area contributed by atoms with Gasteiger partial charge in [0.2, 0.25) is 5.88 Å². The molecular formula is C28H24N4O8S. The maximum Gasteiger partial charge on any atom is 0.266 e. The molecule has 3 aromatic carbocycles. The summed E-state index contributed by atoms with van der Waals surface area (Å²) in [6.07, 6.45) is 1.42. The summed E-state index contributed by atoms with van der Waals surface area (Å²) in [7, 11) is 1.16. The van der Waals surface area contributed by atoms with Crippen molar-refractivity contribution in [3.05, 3.63) is 77.8 Å². The lowest BCUT2D eigenvalue weighted by Crippen LogP contribution is -2.20. The van der Waals surface area contributed by atoms with E-state index in [0.717, 1.165) is 0 Å². The number of carbonyl (C=O) groups is 2. The summed E-state index contributed by atoms with van der Waals surface area (Å²) in [6.45, 7) is 1.75. The van der Waals surface area contributed by atoms with Crippen LogP contribution < -0.4 is 24.2 Å². The molecule has 41 heavy (non-hydrogen) atoms. The van der Waals surface area contributed by atoms with Crippen LogP contribution in [0.25, 0.3) is 21.9 Å². The average Bonchev–Trinajstić information content (AvgIpc) is 3.43. The molecule has 1 aliphatic heterocycles. The van der Waals surface area contributed by atoms with Crippen molar-refractivity contribution in [1.82, 2.24) is 20.0 Å². The first-order valence-electron chi connectivity index (χ1n) is 12.1. The molecule has 2 N–H and O–H groups in total. The van der Waals surface area contributed by atoms with Gasteiger partial charge in [-0.2, -0.15) is 0 Å². The Morgan fingerprint density at radius 3 is 2.41 bits per heavy atom. The Morgan fingerprint density at radius 1 is 0.976 bits per heavy atom. The number of amides is 2. The van der Waals surface area contributed by atoms with Crippen molar-refractivity contribution in [2.45, 2.75) is 11.8 Å². The third-order valence-electron chi connectivity index (χ3n) is 6.26. The third-order valence-corrected chi connectivity index (χ3v) is 7.65. The molecule has 0 fully saturated rings. The fourth-order valence-electron chi connectivity index (χ4n) is 4.34. The average molecular weight is 577 g/mol. The summed E-state index contributed by atoms with van der Waals surface area (Å²) in [6, 6.07) is 14.9. The summed E-state index contributed by atoms with van der Waals surface area (Å²) in [5.41, 5.74) is 1.94. The van der Waals surface area contributed by atoms with E-state index in [9.17, 15) is 18.0 Å². The van der Waals surface area contributed by atoms with Crippen molar-refractivity contribution < 1.29 is 36.6 Å². The molecule has 2 amide bonds. The lowest BCUT2D eigenvalue weighted by Gasteiger charge is -2.11. The largest absolute Gasteiger partial charge is 0.493 e. The Balaban J connectivity index is 0.000000234. The zero-order valence-corrected chi connectivity index (χ0v) is 23.2. The number of fused-ring (bicyclic) bond motifs is 3. The predicted molar refractivity (Wildman–Crippen MR) is 148 cm³/mol. The zero-order valence-electron chi connectivity index (χ0n) is 22.3. The number of methoxy groups -OCH3 is 2. The van der Waals surface area contributed by atoms with Gasteiger partial charge in [0.1, 0.15) is 28.3 Å². The highest BCUT2D eigenvalue weighted by atomic mass is 32.2. The van der Waals surface area contributed by atoms with Crippen LogP contribution >= 0.6 is 0 Å². The zero-order chi connectivity index (χ0) is 29.3. The van der Waals surface area contributed by atoms with Gasteiger partial charge >= 0.3 is 0 Å². The molecule has 0 atom stereocenters. The summed E-state index contributed by atoms with van der Waals surface area (Å²) in [4.78, 5) is 31.7. The van der Waals surface area contributed by atoms with E-state index in [4.69, 9.17) is 18.6 Å². The van der Waals surface area contributed by atoms with Gasteiger partial charge in [-0.25, -0.2) is 23.1 Å². The highest BCUT2D eigenvalue weighted by Crippen LogP contribution is 2.37. The molecule has 5 aromatic rings. The van der Waals surface area contributed by atoms with Crippen LogP contribution in [0.1, 0.15) is 26.5 Å². The van der Waals surface area contributed by atoms with Crippen LogP contribution in [-0.4, -0.2) is 51.5 Å². The maximum absolute atomic E-state index is 12.1. The van der Waals surface area contributed by atoms with Crippen molar-refractivity contribution in [2.75, 3.05) is 21.3 Å². The number of nitrogens with zero attached hydrogens (tertiary/aromatic N) is 2. The minimum Gasteiger partial charge on any atom is -0.493 e. The molecule has 0 saturated heterocycles. The molecule has 0 unspecified atom stereocenters. The molecule has 0 saturated carbocycles. The molecule has 0 bridgehead atoms. The van der Waals surface area contributed by atoms with Crippen LogP contribution in [-0.2, 0) is 10.0 Å². The SMILES string of the molecule is CNC(=O)c1c(C)oc2cc(Oc3ncnc4cc(OC)c(OC)cc34)ccc12.O=C1NS(=O)(=O)c2ccccc21. The molecule has 13 heteroatoms. The Kier molecular flexibility index (Phi) is 7.20. The first kappa shape index (κ1) is 27.4. The lowest BCUT2D eigenvalue weighted by atomic mass is 10.1. The first-order valence-corrected chi connectivity index (χ1v) is 13.6. The van der Waals surface area contributed by atoms with Crippen LogP contribution in [0.15, 0.2) is 70.2 Å². The van der Waals surface area contributed by atoms with Crippen molar-refractivity contribution in [1.29, 1.82) is 0 Å². The smallest absolute Gasteiger partial charge is 0.266 e. The Hall–Kier alpha value is -5.17. The second-order valence-corrected chi connectivity index (χ2v) is 10.4. The van der Waals surface area contributed by atoms with Gasteiger partial charge in [0, 0.05) is 24.6 Å². The van der Waals surface area contributed by atoms with Gasteiger partial charge in [0.15, 0.2) is 11.5 Å². The van der Waals surface area contributed by atoms with E-state index in [0.29, 0.717) is 56.3 Å². The number of rotatable bonds is 5. The number of aryl methyl sites for hydroxylation is 1. The number of aromatic nitrogens is 2. The minimum absolute atomic E-state index is 0.0648. The van der Waals surface area contributed by atoms with E-state index in [1.807, 2.05) is 4.72 Å². The van der Waals surface area contributed by atoms with Crippen molar-refractivity contribution in [3.63, 3.8) is 0 Å². The molecule has 6 rings (SSSR count). The summed E-state index contributed by atoms with van der Waals surface area (Å²) < 4.78 is 46.6. The normalized spacial score (nSPS) is 13.1. The first-order chi connectivity index (χ1) is 19.7. The van der Waals surface area contributed by atoms with E-state index in [-0.39, 0.29) is 16.4 Å². The van der Waals surface area contributed by atoms with E-state index in [1.165, 1.54) is 18.5 Å². The molecule has 1 aliphatic rings. The molecule has 0 radical (unpaired) electrons. The van der Waals surface area contributed by atoms with Gasteiger partial charge in [-0.1, -0.05) is 12.1 Å². The van der Waals surface area contributed by atoms with Crippen LogP contribution in [0.3, 0.4) is 0 Å². The number of benzene rings is 3. The van der Waals surface area contributed by atoms with Gasteiger partial charge in [0.05, 0.1) is 36.2 Å². The number of furan rings is 1. The Morgan fingerprint density at radius 2 is 1.71 bits per heavy atom. The van der Waals surface area contributed by atoms with Gasteiger partial charge in [0.25, 0.3) is 21.8 Å². The fraction of sp³-hybridized carbons (Fsp3) is 0.143. The molecule has 210 valence electrons. The molecule has 12 nitrogen and oxygen atoms in total. The van der Waals surface area contributed by atoms with Gasteiger partial charge in [-0.3, -0.25) is 9.59 Å². The predicted octanol–water partition coefficient (Wildman–Crippen LogP) is 3.97. The highest BCUT2D eigenvalue weighted by molar-refractivity contribution is 7.90. The quantitative estimate of drug-likeness (QED) is 0.313. The van der Waals surface area contributed by atoms with Crippen molar-refractivity contribution in [2.24, 2.45) is 0 Å². The summed E-state index contributed by atoms with van der Waals surface area (Å²) >= 11 is 0. The molecule has 0 spiro atoms. The standard InChI is InChI=1S/C21H19N3O5.C7H5NO3S/c1-11-19(20(25)22-2)13-6-5-12(7-16(13)28-11)29-21-14-8-17(26-3)18(27-4)9-15(14)23-10-24-21;9-7-5-3-1-2-4-6(5)12(10,11)8-7/h5-10H,1-4H3,(H,22,25);1-4H,(H,8,9). The number of sulfonamides is 1. The maximum atomic E-state index is 12.1. The number of hydrogen-bond acceptors (Lipinski definition) is 10. The number of nitrogens with one attached hydrogen (secondary N) is 2. The number of hydrogen-bond donors (Lipinski definition) is 2. The van der Waals surface area contributed by atoms with E-state index in [2.05, 4.69) is 15.3 Å². The molecule has 2 aromatic heterocycles. The van der Waals surface area contributed by atoms with Gasteiger partial charge < -0.3 is 23.9 Å². The van der Waals surface area contributed by atoms with Crippen molar-refractivity contribution >= 4 is 43.7 Å². The second kappa shape index (κ2) is 10.8. The summed E-state index contributed by atoms with van der Waals surface area (Å²) in [5.74, 6) is 1.80. The monoisotopic (exact) mass is 576 g/mol. The third kappa shape index (κ3) is 5.10. The molecule has 0 aliphatic carbocycles. The van der Waals surface area contributed by atoms with E-state index in [1.54, 1.807) is 70.7 Å². The number of ether oxygens (including phenoxy) is 3. The fourth-order valence-corrected chi connectivity index (χ4v) is 5.51. The Bertz CT molecular complexity index is 1940. The summed E-state index contributed by atoms with van der Waals surface area (Å²) in [5, 5.41) is 4.01. The Labute approximate surface area is 234 Å². The van der Waals surface area contributed by atoms with Crippen LogP contribution in [0.2, 0.25) is 0 Å². The molecule has 3 heterocycles. The molecular weight excluding hydrogens is 552 g/mol. The second-order valence-electron chi connectivity index (χ2n) is 8.71. The minimum atomic E-state index is -3.55. The van der Waals surface area contributed by atoms with E-state index < -0.39 is 15.9 Å². The van der Waals surface area contributed by atoms with Crippen LogP contribution in [0.4, 0.5) is 0 Å². The van der Waals surface area contributed by atoms with E-state index >= 15 is 0 Å².